The zero-order valence-corrected chi connectivity index (χ0v) is 18.2. The predicted octanol–water partition coefficient (Wildman–Crippen LogP) is 2.68. The first-order valence-electron chi connectivity index (χ1n) is 9.90. The molecular weight excluding hydrogens is 392 g/mol. The molecule has 1 aliphatic rings. The molecule has 158 valence electrons. The average Bonchev–Trinajstić information content (AvgIpc) is 3.04. The first-order valence-corrected chi connectivity index (χ1v) is 10.7. The summed E-state index contributed by atoms with van der Waals surface area (Å²) in [6.07, 6.45) is 3.09. The first-order chi connectivity index (χ1) is 14.0. The number of thiophene rings is 1. The Kier molecular flexibility index (Phi) is 7.02. The van der Waals surface area contributed by atoms with Crippen LogP contribution in [0.1, 0.15) is 53.7 Å². The van der Waals surface area contributed by atoms with E-state index in [1.807, 2.05) is 18.7 Å². The molecule has 0 spiro atoms. The van der Waals surface area contributed by atoms with Gasteiger partial charge in [-0.3, -0.25) is 9.59 Å². The standard InChI is InChI=1S/C20H28N4O4S/c1-5-7-15(25)21-13-8-6-9-24(10-13)20(26)17-12(2)16-18(28-4)22-14(11-27-3)23-19(16)29-17/h13H,5-11H2,1-4H3,(H,21,25). The van der Waals surface area contributed by atoms with Crippen molar-refractivity contribution in [3.05, 3.63) is 16.3 Å². The number of piperidine rings is 1. The normalized spacial score (nSPS) is 16.8. The number of nitrogens with zero attached hydrogens (tertiary/aromatic N) is 3. The third-order valence-corrected chi connectivity index (χ3v) is 6.19. The number of likely N-dealkylation sites (tertiary alicyclic amines) is 1. The van der Waals surface area contributed by atoms with Crippen LogP contribution < -0.4 is 10.1 Å². The Morgan fingerprint density at radius 3 is 2.79 bits per heavy atom. The minimum absolute atomic E-state index is 0.00377. The largest absolute Gasteiger partial charge is 0.480 e. The fraction of sp³-hybridized carbons (Fsp3) is 0.600. The summed E-state index contributed by atoms with van der Waals surface area (Å²) in [4.78, 5) is 37.3. The molecule has 9 heteroatoms. The second kappa shape index (κ2) is 9.49. The summed E-state index contributed by atoms with van der Waals surface area (Å²) in [6.45, 7) is 5.37. The second-order valence-electron chi connectivity index (χ2n) is 7.23. The average molecular weight is 421 g/mol. The van der Waals surface area contributed by atoms with Crippen LogP contribution in [-0.4, -0.2) is 60.0 Å². The van der Waals surface area contributed by atoms with Gasteiger partial charge in [-0.2, -0.15) is 4.98 Å². The fourth-order valence-electron chi connectivity index (χ4n) is 3.64. The molecule has 0 aliphatic carbocycles. The maximum Gasteiger partial charge on any atom is 0.264 e. The Hall–Kier alpha value is -2.26. The molecule has 0 aromatic carbocycles. The summed E-state index contributed by atoms with van der Waals surface area (Å²) in [6, 6.07) is 0.00377. The van der Waals surface area contributed by atoms with Crippen LogP contribution in [-0.2, 0) is 16.1 Å². The molecule has 1 N–H and O–H groups in total. The zero-order valence-electron chi connectivity index (χ0n) is 17.4. The van der Waals surface area contributed by atoms with Crippen molar-refractivity contribution in [3.8, 4) is 5.88 Å². The maximum atomic E-state index is 13.3. The Morgan fingerprint density at radius 2 is 2.10 bits per heavy atom. The highest BCUT2D eigenvalue weighted by Gasteiger charge is 2.29. The van der Waals surface area contributed by atoms with Crippen molar-refractivity contribution in [2.24, 2.45) is 0 Å². The van der Waals surface area contributed by atoms with Crippen molar-refractivity contribution in [1.82, 2.24) is 20.2 Å². The summed E-state index contributed by atoms with van der Waals surface area (Å²) < 4.78 is 10.6. The number of hydrogen-bond donors (Lipinski definition) is 1. The number of hydrogen-bond acceptors (Lipinski definition) is 7. The van der Waals surface area contributed by atoms with E-state index in [0.29, 0.717) is 36.1 Å². The van der Waals surface area contributed by atoms with Crippen molar-refractivity contribution in [2.75, 3.05) is 27.3 Å². The monoisotopic (exact) mass is 420 g/mol. The molecule has 1 atom stereocenters. The number of rotatable bonds is 7. The highest BCUT2D eigenvalue weighted by atomic mass is 32.1. The Morgan fingerprint density at radius 1 is 1.31 bits per heavy atom. The minimum Gasteiger partial charge on any atom is -0.480 e. The number of methoxy groups -OCH3 is 2. The summed E-state index contributed by atoms with van der Waals surface area (Å²) >= 11 is 1.35. The minimum atomic E-state index is -0.0321. The van der Waals surface area contributed by atoms with Gasteiger partial charge in [0.05, 0.1) is 17.4 Å². The van der Waals surface area contributed by atoms with Gasteiger partial charge in [0.1, 0.15) is 11.4 Å². The van der Waals surface area contributed by atoms with Gasteiger partial charge in [0, 0.05) is 32.7 Å². The molecule has 3 rings (SSSR count). The summed E-state index contributed by atoms with van der Waals surface area (Å²) in [5.41, 5.74) is 0.827. The van der Waals surface area contributed by atoms with Crippen molar-refractivity contribution >= 4 is 33.4 Å². The summed E-state index contributed by atoms with van der Waals surface area (Å²) in [5, 5.41) is 3.82. The number of aromatic nitrogens is 2. The molecule has 1 saturated heterocycles. The van der Waals surface area contributed by atoms with Crippen molar-refractivity contribution in [3.63, 3.8) is 0 Å². The SMILES string of the molecule is CCCC(=O)NC1CCCN(C(=O)c2sc3nc(COC)nc(OC)c3c2C)C1. The van der Waals surface area contributed by atoms with Crippen LogP contribution in [0.15, 0.2) is 0 Å². The van der Waals surface area contributed by atoms with Gasteiger partial charge in [0.25, 0.3) is 5.91 Å². The molecule has 1 aliphatic heterocycles. The van der Waals surface area contributed by atoms with Gasteiger partial charge in [-0.15, -0.1) is 11.3 Å². The van der Waals surface area contributed by atoms with Crippen molar-refractivity contribution < 1.29 is 19.1 Å². The maximum absolute atomic E-state index is 13.3. The summed E-state index contributed by atoms with van der Waals surface area (Å²) in [5.74, 6) is 0.998. The molecule has 0 radical (unpaired) electrons. The van der Waals surface area contributed by atoms with Gasteiger partial charge in [-0.25, -0.2) is 4.98 Å². The Bertz CT molecular complexity index is 898. The molecule has 2 aromatic heterocycles. The first kappa shape index (κ1) is 21.4. The third kappa shape index (κ3) is 4.67. The molecule has 1 fully saturated rings. The molecule has 29 heavy (non-hydrogen) atoms. The van der Waals surface area contributed by atoms with Crippen LogP contribution in [0.25, 0.3) is 10.2 Å². The Labute approximate surface area is 174 Å². The smallest absolute Gasteiger partial charge is 0.264 e. The van der Waals surface area contributed by atoms with E-state index in [4.69, 9.17) is 9.47 Å². The lowest BCUT2D eigenvalue weighted by molar-refractivity contribution is -0.122. The Balaban J connectivity index is 1.84. The van der Waals surface area contributed by atoms with E-state index in [0.717, 1.165) is 35.0 Å². The topological polar surface area (TPSA) is 93.7 Å². The van der Waals surface area contributed by atoms with Gasteiger partial charge < -0.3 is 19.7 Å². The van der Waals surface area contributed by atoms with E-state index in [1.165, 1.54) is 11.3 Å². The third-order valence-electron chi connectivity index (χ3n) is 5.02. The lowest BCUT2D eigenvalue weighted by Crippen LogP contribution is -2.49. The van der Waals surface area contributed by atoms with Gasteiger partial charge >= 0.3 is 0 Å². The van der Waals surface area contributed by atoms with E-state index in [9.17, 15) is 9.59 Å². The van der Waals surface area contributed by atoms with Crippen LogP contribution in [0, 0.1) is 6.92 Å². The number of aryl methyl sites for hydroxylation is 1. The zero-order chi connectivity index (χ0) is 21.0. The predicted molar refractivity (Wildman–Crippen MR) is 111 cm³/mol. The number of amides is 2. The lowest BCUT2D eigenvalue weighted by Gasteiger charge is -2.33. The van der Waals surface area contributed by atoms with E-state index in [1.54, 1.807) is 14.2 Å². The fourth-order valence-corrected chi connectivity index (χ4v) is 4.80. The van der Waals surface area contributed by atoms with Gasteiger partial charge in [-0.1, -0.05) is 6.92 Å². The number of fused-ring (bicyclic) bond motifs is 1. The lowest BCUT2D eigenvalue weighted by atomic mass is 10.0. The van der Waals surface area contributed by atoms with Crippen molar-refractivity contribution in [2.45, 2.75) is 52.2 Å². The summed E-state index contributed by atoms with van der Waals surface area (Å²) in [7, 11) is 3.14. The van der Waals surface area contributed by atoms with E-state index < -0.39 is 0 Å². The van der Waals surface area contributed by atoms with Crippen LogP contribution >= 0.6 is 11.3 Å². The number of ether oxygens (including phenoxy) is 2. The van der Waals surface area contributed by atoms with Crippen LogP contribution in [0.3, 0.4) is 0 Å². The highest BCUT2D eigenvalue weighted by molar-refractivity contribution is 7.20. The molecule has 8 nitrogen and oxygen atoms in total. The van der Waals surface area contributed by atoms with E-state index in [-0.39, 0.29) is 24.5 Å². The number of carbonyl (C=O) groups excluding carboxylic acids is 2. The number of carbonyl (C=O) groups is 2. The van der Waals surface area contributed by atoms with E-state index in [2.05, 4.69) is 15.3 Å². The highest BCUT2D eigenvalue weighted by Crippen LogP contribution is 2.36. The molecule has 0 bridgehead atoms. The van der Waals surface area contributed by atoms with Gasteiger partial charge in [0.2, 0.25) is 11.8 Å². The molecule has 1 unspecified atom stereocenters. The molecule has 2 aromatic rings. The van der Waals surface area contributed by atoms with Crippen LogP contribution in [0.4, 0.5) is 0 Å². The molecule has 3 heterocycles. The van der Waals surface area contributed by atoms with Crippen LogP contribution in [0.5, 0.6) is 5.88 Å². The molecular formula is C20H28N4O4S. The van der Waals surface area contributed by atoms with Gasteiger partial charge in [-0.05, 0) is 31.7 Å². The van der Waals surface area contributed by atoms with Crippen LogP contribution in [0.2, 0.25) is 0 Å². The van der Waals surface area contributed by atoms with Crippen molar-refractivity contribution in [1.29, 1.82) is 0 Å². The molecule has 0 saturated carbocycles. The van der Waals surface area contributed by atoms with E-state index >= 15 is 0 Å². The second-order valence-corrected chi connectivity index (χ2v) is 8.23. The quantitative estimate of drug-likeness (QED) is 0.740. The molecule has 2 amide bonds. The number of nitrogens with one attached hydrogen (secondary N) is 1. The van der Waals surface area contributed by atoms with Gasteiger partial charge in [0.15, 0.2) is 5.82 Å².